The minimum Gasteiger partial charge on any atom is -0.343 e. The van der Waals surface area contributed by atoms with E-state index in [1.165, 1.54) is 6.92 Å². The molecule has 2 amide bonds. The van der Waals surface area contributed by atoms with E-state index in [9.17, 15) is 14.4 Å². The van der Waals surface area contributed by atoms with Crippen LogP contribution in [-0.4, -0.2) is 60.1 Å². The Balaban J connectivity index is 1.41. The smallest absolute Gasteiger partial charge is 0.238 e. The second-order valence-corrected chi connectivity index (χ2v) is 7.70. The Morgan fingerprint density at radius 3 is 2.44 bits per heavy atom. The second-order valence-electron chi connectivity index (χ2n) is 7.70. The van der Waals surface area contributed by atoms with E-state index < -0.39 is 0 Å². The van der Waals surface area contributed by atoms with Crippen LogP contribution in [0.4, 0.5) is 5.69 Å². The number of anilines is 1. The van der Waals surface area contributed by atoms with Crippen molar-refractivity contribution >= 4 is 23.3 Å². The largest absolute Gasteiger partial charge is 0.343 e. The number of piperidine rings is 1. The lowest BCUT2D eigenvalue weighted by Gasteiger charge is -2.31. The number of hydrogen-bond acceptors (Lipinski definition) is 4. The normalized spacial score (nSPS) is 18.5. The van der Waals surface area contributed by atoms with Crippen LogP contribution >= 0.6 is 0 Å². The molecule has 0 aliphatic carbocycles. The van der Waals surface area contributed by atoms with E-state index in [0.717, 1.165) is 51.9 Å². The summed E-state index contributed by atoms with van der Waals surface area (Å²) in [5, 5.41) is 2.87. The summed E-state index contributed by atoms with van der Waals surface area (Å²) in [5.41, 5.74) is 1.25. The third kappa shape index (κ3) is 5.63. The molecule has 1 aromatic carbocycles. The number of hydrogen-bond donors (Lipinski definition) is 1. The molecule has 0 atom stereocenters. The van der Waals surface area contributed by atoms with Gasteiger partial charge in [-0.25, -0.2) is 0 Å². The molecule has 2 aliphatic rings. The van der Waals surface area contributed by atoms with E-state index in [2.05, 4.69) is 10.2 Å². The maximum Gasteiger partial charge on any atom is 0.238 e. The number of nitrogens with one attached hydrogen (secondary N) is 1. The molecule has 0 bridgehead atoms. The fourth-order valence-corrected chi connectivity index (χ4v) is 3.91. The zero-order valence-electron chi connectivity index (χ0n) is 16.1. The summed E-state index contributed by atoms with van der Waals surface area (Å²) in [5.74, 6) is 0.651. The Morgan fingerprint density at radius 1 is 1.07 bits per heavy atom. The van der Waals surface area contributed by atoms with Crippen molar-refractivity contribution < 1.29 is 14.4 Å². The second kappa shape index (κ2) is 9.13. The first kappa shape index (κ1) is 19.5. The number of ketones is 1. The van der Waals surface area contributed by atoms with Gasteiger partial charge in [-0.1, -0.05) is 12.1 Å². The summed E-state index contributed by atoms with van der Waals surface area (Å²) in [6, 6.07) is 7.01. The lowest BCUT2D eigenvalue weighted by molar-refractivity contribution is -0.131. The van der Waals surface area contributed by atoms with Crippen LogP contribution < -0.4 is 5.32 Å². The van der Waals surface area contributed by atoms with E-state index >= 15 is 0 Å². The van der Waals surface area contributed by atoms with Crippen molar-refractivity contribution in [3.8, 4) is 0 Å². The van der Waals surface area contributed by atoms with Gasteiger partial charge in [0, 0.05) is 30.8 Å². The summed E-state index contributed by atoms with van der Waals surface area (Å²) in [6.45, 7) is 5.39. The number of carbonyl (C=O) groups excluding carboxylic acids is 3. The minimum atomic E-state index is -0.0673. The van der Waals surface area contributed by atoms with Crippen LogP contribution in [0.25, 0.3) is 0 Å². The van der Waals surface area contributed by atoms with Gasteiger partial charge in [0.05, 0.1) is 6.54 Å². The van der Waals surface area contributed by atoms with Gasteiger partial charge in [0.15, 0.2) is 5.78 Å². The molecule has 3 rings (SSSR count). The number of amides is 2. The third-order valence-electron chi connectivity index (χ3n) is 5.55. The van der Waals surface area contributed by atoms with Crippen LogP contribution in [-0.2, 0) is 9.59 Å². The monoisotopic (exact) mass is 371 g/mol. The summed E-state index contributed by atoms with van der Waals surface area (Å²) < 4.78 is 0. The Bertz CT molecular complexity index is 690. The molecule has 2 saturated heterocycles. The lowest BCUT2D eigenvalue weighted by atomic mass is 9.93. The van der Waals surface area contributed by atoms with Crippen molar-refractivity contribution in [1.29, 1.82) is 0 Å². The van der Waals surface area contributed by atoms with Crippen LogP contribution in [0, 0.1) is 5.92 Å². The number of carbonyl (C=O) groups is 3. The van der Waals surface area contributed by atoms with Crippen LogP contribution in [0.3, 0.4) is 0 Å². The van der Waals surface area contributed by atoms with E-state index in [0.29, 0.717) is 36.0 Å². The van der Waals surface area contributed by atoms with Crippen LogP contribution in [0.2, 0.25) is 0 Å². The molecule has 0 unspecified atom stereocenters. The molecular formula is C21H29N3O3. The molecule has 27 heavy (non-hydrogen) atoms. The molecule has 2 aliphatic heterocycles. The van der Waals surface area contributed by atoms with E-state index in [4.69, 9.17) is 0 Å². The van der Waals surface area contributed by atoms with Crippen LogP contribution in [0.5, 0.6) is 0 Å². The number of benzene rings is 1. The molecule has 0 radical (unpaired) electrons. The highest BCUT2D eigenvalue weighted by molar-refractivity contribution is 5.97. The first-order chi connectivity index (χ1) is 13.0. The molecule has 2 heterocycles. The molecular weight excluding hydrogens is 342 g/mol. The number of rotatable bonds is 6. The molecule has 6 heteroatoms. The molecule has 146 valence electrons. The van der Waals surface area contributed by atoms with Crippen molar-refractivity contribution in [2.75, 3.05) is 38.0 Å². The molecule has 6 nitrogen and oxygen atoms in total. The highest BCUT2D eigenvalue weighted by Crippen LogP contribution is 2.22. The topological polar surface area (TPSA) is 69.7 Å². The Morgan fingerprint density at radius 2 is 1.78 bits per heavy atom. The molecule has 2 fully saturated rings. The van der Waals surface area contributed by atoms with Crippen molar-refractivity contribution in [3.05, 3.63) is 29.8 Å². The quantitative estimate of drug-likeness (QED) is 0.780. The average molecular weight is 371 g/mol. The standard InChI is InChI=1S/C21H29N3O3/c1-16(25)18-5-4-6-19(14-18)22-20(26)15-23-11-7-17(8-12-23)13-21(27)24-9-2-3-10-24/h4-6,14,17H,2-3,7-13,15H2,1H3,(H,22,26). The zero-order chi connectivity index (χ0) is 19.2. The number of Topliss-reactive ketones (excluding diaryl/α,β-unsaturated/α-hetero) is 1. The van der Waals surface area contributed by atoms with Gasteiger partial charge >= 0.3 is 0 Å². The lowest BCUT2D eigenvalue weighted by Crippen LogP contribution is -2.40. The van der Waals surface area contributed by atoms with E-state index in [1.807, 2.05) is 4.90 Å². The summed E-state index contributed by atoms with van der Waals surface area (Å²) in [7, 11) is 0. The predicted molar refractivity (Wildman–Crippen MR) is 105 cm³/mol. The van der Waals surface area contributed by atoms with E-state index in [-0.39, 0.29) is 11.7 Å². The predicted octanol–water partition coefficient (Wildman–Crippen LogP) is 2.55. The van der Waals surface area contributed by atoms with Gasteiger partial charge in [-0.05, 0) is 63.7 Å². The van der Waals surface area contributed by atoms with Crippen molar-refractivity contribution in [2.24, 2.45) is 5.92 Å². The van der Waals surface area contributed by atoms with Gasteiger partial charge in [0.25, 0.3) is 0 Å². The van der Waals surface area contributed by atoms with Crippen molar-refractivity contribution in [3.63, 3.8) is 0 Å². The maximum absolute atomic E-state index is 12.3. The summed E-state index contributed by atoms with van der Waals surface area (Å²) in [4.78, 5) is 40.2. The first-order valence-electron chi connectivity index (χ1n) is 9.92. The Kier molecular flexibility index (Phi) is 6.61. The van der Waals surface area contributed by atoms with Gasteiger partial charge in [0.1, 0.15) is 0 Å². The van der Waals surface area contributed by atoms with Gasteiger partial charge in [-0.2, -0.15) is 0 Å². The van der Waals surface area contributed by atoms with Crippen LogP contribution in [0.15, 0.2) is 24.3 Å². The SMILES string of the molecule is CC(=O)c1cccc(NC(=O)CN2CCC(CC(=O)N3CCCC3)CC2)c1. The fourth-order valence-electron chi connectivity index (χ4n) is 3.91. The Hall–Kier alpha value is -2.21. The summed E-state index contributed by atoms with van der Waals surface area (Å²) in [6.07, 6.45) is 4.85. The van der Waals surface area contributed by atoms with Gasteiger partial charge in [0.2, 0.25) is 11.8 Å². The fraction of sp³-hybridized carbons (Fsp3) is 0.571. The highest BCUT2D eigenvalue weighted by Gasteiger charge is 2.25. The highest BCUT2D eigenvalue weighted by atomic mass is 16.2. The molecule has 1 N–H and O–H groups in total. The van der Waals surface area contributed by atoms with Crippen molar-refractivity contribution in [2.45, 2.75) is 39.0 Å². The number of nitrogens with zero attached hydrogens (tertiary/aromatic N) is 2. The zero-order valence-corrected chi connectivity index (χ0v) is 16.1. The Labute approximate surface area is 160 Å². The molecule has 1 aromatic rings. The molecule has 0 saturated carbocycles. The molecule has 0 aromatic heterocycles. The third-order valence-corrected chi connectivity index (χ3v) is 5.55. The maximum atomic E-state index is 12.3. The van der Waals surface area contributed by atoms with Crippen molar-refractivity contribution in [1.82, 2.24) is 9.80 Å². The minimum absolute atomic E-state index is 0.0170. The van der Waals surface area contributed by atoms with Gasteiger partial charge in [-0.3, -0.25) is 19.3 Å². The van der Waals surface area contributed by atoms with Gasteiger partial charge in [-0.15, -0.1) is 0 Å². The summed E-state index contributed by atoms with van der Waals surface area (Å²) >= 11 is 0. The van der Waals surface area contributed by atoms with Crippen LogP contribution in [0.1, 0.15) is 49.4 Å². The molecule has 0 spiro atoms. The number of likely N-dealkylation sites (tertiary alicyclic amines) is 2. The first-order valence-corrected chi connectivity index (χ1v) is 9.92. The van der Waals surface area contributed by atoms with Gasteiger partial charge < -0.3 is 10.2 Å². The van der Waals surface area contributed by atoms with E-state index in [1.54, 1.807) is 24.3 Å². The average Bonchev–Trinajstić information content (AvgIpc) is 3.18.